The topological polar surface area (TPSA) is 59.4 Å². The summed E-state index contributed by atoms with van der Waals surface area (Å²) in [7, 11) is 1.44. The molecule has 19 heavy (non-hydrogen) atoms. The van der Waals surface area contributed by atoms with E-state index in [9.17, 15) is 9.18 Å². The second-order valence-corrected chi connectivity index (χ2v) is 4.09. The molecule has 98 valence electrons. The second kappa shape index (κ2) is 5.24. The fraction of sp³-hybridized carbons (Fsp3) is 0.0769. The van der Waals surface area contributed by atoms with Gasteiger partial charge in [0, 0.05) is 17.3 Å². The van der Waals surface area contributed by atoms with Gasteiger partial charge >= 0.3 is 5.97 Å². The number of rotatable bonds is 3. The third kappa shape index (κ3) is 2.66. The Bertz CT molecular complexity index is 646. The Morgan fingerprint density at radius 1 is 1.37 bits per heavy atom. The van der Waals surface area contributed by atoms with E-state index in [4.69, 9.17) is 21.4 Å². The summed E-state index contributed by atoms with van der Waals surface area (Å²) in [6.07, 6.45) is 1.23. The van der Waals surface area contributed by atoms with Gasteiger partial charge in [-0.25, -0.2) is 14.2 Å². The zero-order valence-corrected chi connectivity index (χ0v) is 10.6. The predicted octanol–water partition coefficient (Wildman–Crippen LogP) is 3.25. The number of ether oxygens (including phenoxy) is 1. The highest BCUT2D eigenvalue weighted by molar-refractivity contribution is 6.29. The summed E-state index contributed by atoms with van der Waals surface area (Å²) >= 11 is 5.65. The number of methoxy groups -OCH3 is 1. The average Bonchev–Trinajstić information content (AvgIpc) is 2.39. The minimum Gasteiger partial charge on any atom is -0.497 e. The zero-order chi connectivity index (χ0) is 14.0. The van der Waals surface area contributed by atoms with Crippen LogP contribution in [0.4, 0.5) is 4.39 Å². The summed E-state index contributed by atoms with van der Waals surface area (Å²) in [5.41, 5.74) is 0.126. The quantitative estimate of drug-likeness (QED) is 0.878. The Morgan fingerprint density at radius 3 is 2.74 bits per heavy atom. The molecule has 0 unspecified atom stereocenters. The summed E-state index contributed by atoms with van der Waals surface area (Å²) in [6.45, 7) is 0. The number of carbonyl (C=O) groups is 1. The van der Waals surface area contributed by atoms with E-state index >= 15 is 0 Å². The van der Waals surface area contributed by atoms with Crippen molar-refractivity contribution in [1.29, 1.82) is 0 Å². The first-order chi connectivity index (χ1) is 9.02. The highest BCUT2D eigenvalue weighted by Gasteiger charge is 2.16. The van der Waals surface area contributed by atoms with Crippen molar-refractivity contribution in [1.82, 2.24) is 4.98 Å². The number of aromatic nitrogens is 1. The van der Waals surface area contributed by atoms with Crippen molar-refractivity contribution < 1.29 is 19.0 Å². The minimum absolute atomic E-state index is 0.0319. The van der Waals surface area contributed by atoms with E-state index in [1.54, 1.807) is 0 Å². The van der Waals surface area contributed by atoms with E-state index in [1.807, 2.05) is 0 Å². The average molecular weight is 282 g/mol. The molecular formula is C13H9ClFNO3. The third-order valence-electron chi connectivity index (χ3n) is 2.56. The molecule has 0 saturated heterocycles. The molecule has 0 radical (unpaired) electrons. The number of carboxylic acid groups (broad SMARTS) is 1. The molecule has 4 nitrogen and oxygen atoms in total. The first kappa shape index (κ1) is 13.3. The van der Waals surface area contributed by atoms with E-state index in [0.29, 0.717) is 5.75 Å². The molecule has 0 aliphatic heterocycles. The molecule has 0 aliphatic rings. The lowest BCUT2D eigenvalue weighted by Gasteiger charge is -2.09. The van der Waals surface area contributed by atoms with Crippen molar-refractivity contribution in [3.8, 4) is 16.9 Å². The van der Waals surface area contributed by atoms with Gasteiger partial charge in [-0.3, -0.25) is 0 Å². The highest BCUT2D eigenvalue weighted by Crippen LogP contribution is 2.30. The molecule has 1 N–H and O–H groups in total. The molecule has 1 aromatic heterocycles. The van der Waals surface area contributed by atoms with E-state index in [0.717, 1.165) is 0 Å². The standard InChI is InChI=1S/C13H9ClFNO3/c1-19-7-2-3-11(15)8(4-7)10-6-16-12(14)5-9(10)13(17)18/h2-6H,1H3,(H,17,18). The van der Waals surface area contributed by atoms with Gasteiger partial charge in [-0.05, 0) is 24.3 Å². The van der Waals surface area contributed by atoms with Gasteiger partial charge in [-0.2, -0.15) is 0 Å². The van der Waals surface area contributed by atoms with Gasteiger partial charge in [0.1, 0.15) is 16.7 Å². The molecule has 1 heterocycles. The summed E-state index contributed by atoms with van der Waals surface area (Å²) in [6, 6.07) is 5.24. The largest absolute Gasteiger partial charge is 0.497 e. The summed E-state index contributed by atoms with van der Waals surface area (Å²) in [5.74, 6) is -1.35. The molecule has 0 saturated carbocycles. The van der Waals surface area contributed by atoms with Crippen LogP contribution >= 0.6 is 11.6 Å². The molecule has 0 spiro atoms. The van der Waals surface area contributed by atoms with Crippen LogP contribution in [0.25, 0.3) is 11.1 Å². The molecule has 0 amide bonds. The Balaban J connectivity index is 2.67. The fourth-order valence-corrected chi connectivity index (χ4v) is 1.82. The van der Waals surface area contributed by atoms with Crippen molar-refractivity contribution in [2.75, 3.05) is 7.11 Å². The smallest absolute Gasteiger partial charge is 0.336 e. The molecule has 0 bridgehead atoms. The number of hydrogen-bond acceptors (Lipinski definition) is 3. The number of halogens is 2. The SMILES string of the molecule is COc1ccc(F)c(-c2cnc(Cl)cc2C(=O)O)c1. The van der Waals surface area contributed by atoms with Gasteiger partial charge in [0.15, 0.2) is 0 Å². The Hall–Kier alpha value is -2.14. The molecule has 0 atom stereocenters. The second-order valence-electron chi connectivity index (χ2n) is 3.70. The lowest BCUT2D eigenvalue weighted by atomic mass is 10.0. The van der Waals surface area contributed by atoms with Gasteiger partial charge in [0.05, 0.1) is 12.7 Å². The predicted molar refractivity (Wildman–Crippen MR) is 68.2 cm³/mol. The lowest BCUT2D eigenvalue weighted by molar-refractivity contribution is 0.0697. The molecular weight excluding hydrogens is 273 g/mol. The number of nitrogens with zero attached hydrogens (tertiary/aromatic N) is 1. The number of hydrogen-bond donors (Lipinski definition) is 1. The third-order valence-corrected chi connectivity index (χ3v) is 2.77. The van der Waals surface area contributed by atoms with Gasteiger partial charge in [0.25, 0.3) is 0 Å². The normalized spacial score (nSPS) is 10.3. The summed E-state index contributed by atoms with van der Waals surface area (Å²) in [4.78, 5) is 15.0. The van der Waals surface area contributed by atoms with Crippen molar-refractivity contribution in [3.05, 3.63) is 47.0 Å². The maximum atomic E-state index is 13.8. The minimum atomic E-state index is -1.21. The number of pyridine rings is 1. The summed E-state index contributed by atoms with van der Waals surface area (Å²) < 4.78 is 18.8. The van der Waals surface area contributed by atoms with Crippen LogP contribution in [-0.4, -0.2) is 23.2 Å². The van der Waals surface area contributed by atoms with Crippen LogP contribution in [0.15, 0.2) is 30.5 Å². The van der Waals surface area contributed by atoms with Crippen LogP contribution in [0.2, 0.25) is 5.15 Å². The maximum Gasteiger partial charge on any atom is 0.336 e. The summed E-state index contributed by atoms with van der Waals surface area (Å²) in [5, 5.41) is 9.16. The van der Waals surface area contributed by atoms with Gasteiger partial charge < -0.3 is 9.84 Å². The molecule has 2 rings (SSSR count). The lowest BCUT2D eigenvalue weighted by Crippen LogP contribution is -2.02. The van der Waals surface area contributed by atoms with Crippen molar-refractivity contribution in [2.24, 2.45) is 0 Å². The van der Waals surface area contributed by atoms with Crippen LogP contribution in [0.1, 0.15) is 10.4 Å². The molecule has 0 aliphatic carbocycles. The maximum absolute atomic E-state index is 13.8. The number of carboxylic acids is 1. The van der Waals surface area contributed by atoms with E-state index in [2.05, 4.69) is 4.98 Å². The molecule has 2 aromatic rings. The van der Waals surface area contributed by atoms with Crippen LogP contribution in [0, 0.1) is 5.82 Å². The highest BCUT2D eigenvalue weighted by atomic mass is 35.5. The fourth-order valence-electron chi connectivity index (χ4n) is 1.66. The van der Waals surface area contributed by atoms with Crippen LogP contribution in [0.3, 0.4) is 0 Å². The van der Waals surface area contributed by atoms with Crippen molar-refractivity contribution in [3.63, 3.8) is 0 Å². The molecule has 1 aromatic carbocycles. The van der Waals surface area contributed by atoms with Gasteiger partial charge in [0.2, 0.25) is 0 Å². The molecule has 6 heteroatoms. The Labute approximate surface area is 113 Å². The monoisotopic (exact) mass is 281 g/mol. The van der Waals surface area contributed by atoms with Crippen LogP contribution in [0.5, 0.6) is 5.75 Å². The number of benzene rings is 1. The van der Waals surface area contributed by atoms with Gasteiger partial charge in [-0.1, -0.05) is 11.6 Å². The van der Waals surface area contributed by atoms with E-state index < -0.39 is 11.8 Å². The first-order valence-electron chi connectivity index (χ1n) is 5.25. The first-order valence-corrected chi connectivity index (χ1v) is 5.63. The number of aromatic carboxylic acids is 1. The Morgan fingerprint density at radius 2 is 2.11 bits per heavy atom. The van der Waals surface area contributed by atoms with Gasteiger partial charge in [-0.15, -0.1) is 0 Å². The molecule has 0 fully saturated rings. The van der Waals surface area contributed by atoms with Crippen molar-refractivity contribution in [2.45, 2.75) is 0 Å². The van der Waals surface area contributed by atoms with E-state index in [1.165, 1.54) is 37.6 Å². The zero-order valence-electron chi connectivity index (χ0n) is 9.85. The Kier molecular flexibility index (Phi) is 3.66. The van der Waals surface area contributed by atoms with Crippen LogP contribution < -0.4 is 4.74 Å². The van der Waals surface area contributed by atoms with E-state index in [-0.39, 0.29) is 21.8 Å². The van der Waals surface area contributed by atoms with Crippen molar-refractivity contribution >= 4 is 17.6 Å². The van der Waals surface area contributed by atoms with Crippen LogP contribution in [-0.2, 0) is 0 Å².